The zero-order valence-electron chi connectivity index (χ0n) is 15.2. The largest absolute Gasteiger partial charge is 0.363 e. The van der Waals surface area contributed by atoms with Crippen molar-refractivity contribution in [1.29, 1.82) is 0 Å². The molecule has 1 aliphatic rings. The Hall–Kier alpha value is -3.14. The number of halogens is 5. The number of nitro groups is 1. The van der Waals surface area contributed by atoms with E-state index in [1.807, 2.05) is 0 Å². The van der Waals surface area contributed by atoms with Gasteiger partial charge in [-0.25, -0.2) is 17.6 Å². The third kappa shape index (κ3) is 4.23. The summed E-state index contributed by atoms with van der Waals surface area (Å²) >= 11 is 5.23. The van der Waals surface area contributed by atoms with Gasteiger partial charge in [0.1, 0.15) is 10.7 Å². The highest BCUT2D eigenvalue weighted by Crippen LogP contribution is 2.33. The second-order valence-corrected chi connectivity index (χ2v) is 6.79. The number of rotatable bonds is 4. The smallest absolute Gasteiger partial charge is 0.270 e. The van der Waals surface area contributed by atoms with Crippen LogP contribution >= 0.6 is 11.6 Å². The minimum atomic E-state index is -1.68. The molecule has 0 spiro atoms. The Morgan fingerprint density at radius 1 is 1.03 bits per heavy atom. The van der Waals surface area contributed by atoms with Crippen LogP contribution in [0.2, 0.25) is 5.02 Å². The van der Waals surface area contributed by atoms with E-state index in [0.29, 0.717) is 5.56 Å². The molecule has 6 nitrogen and oxygen atoms in total. The molecular formula is C19H14ClF4N3O3. The average Bonchev–Trinajstić information content (AvgIpc) is 2.75. The Balaban J connectivity index is 1.68. The van der Waals surface area contributed by atoms with E-state index in [2.05, 4.69) is 0 Å². The molecule has 2 aromatic carbocycles. The Morgan fingerprint density at radius 3 is 2.20 bits per heavy atom. The number of amides is 1. The van der Waals surface area contributed by atoms with Crippen molar-refractivity contribution in [2.24, 2.45) is 0 Å². The van der Waals surface area contributed by atoms with Crippen molar-refractivity contribution in [3.8, 4) is 0 Å². The van der Waals surface area contributed by atoms with E-state index >= 15 is 0 Å². The van der Waals surface area contributed by atoms with E-state index in [0.717, 1.165) is 4.90 Å². The zero-order chi connectivity index (χ0) is 22.0. The van der Waals surface area contributed by atoms with Gasteiger partial charge in [0.25, 0.3) is 5.69 Å². The molecule has 2 aromatic rings. The monoisotopic (exact) mass is 443 g/mol. The van der Waals surface area contributed by atoms with Crippen LogP contribution in [-0.2, 0) is 4.79 Å². The summed E-state index contributed by atoms with van der Waals surface area (Å²) < 4.78 is 55.5. The van der Waals surface area contributed by atoms with E-state index in [1.165, 1.54) is 35.3 Å². The Bertz CT molecular complexity index is 1010. The number of non-ortho nitro benzene ring substituents is 1. The molecule has 11 heteroatoms. The quantitative estimate of drug-likeness (QED) is 0.178. The fraction of sp³-hybridized carbons (Fsp3) is 0.211. The molecule has 0 bridgehead atoms. The van der Waals surface area contributed by atoms with Crippen molar-refractivity contribution >= 4 is 35.0 Å². The van der Waals surface area contributed by atoms with E-state index in [9.17, 15) is 32.5 Å². The van der Waals surface area contributed by atoms with Crippen LogP contribution in [0.25, 0.3) is 6.08 Å². The lowest BCUT2D eigenvalue weighted by molar-refractivity contribution is -0.384. The Labute approximate surface area is 173 Å². The van der Waals surface area contributed by atoms with Gasteiger partial charge in [0.15, 0.2) is 23.3 Å². The lowest BCUT2D eigenvalue weighted by Crippen LogP contribution is -2.49. The first-order valence-electron chi connectivity index (χ1n) is 8.68. The third-order valence-corrected chi connectivity index (χ3v) is 4.93. The average molecular weight is 444 g/mol. The second kappa shape index (κ2) is 8.70. The van der Waals surface area contributed by atoms with Crippen molar-refractivity contribution in [1.82, 2.24) is 4.90 Å². The van der Waals surface area contributed by atoms with Crippen LogP contribution in [0.4, 0.5) is 28.9 Å². The third-order valence-electron chi connectivity index (χ3n) is 4.59. The topological polar surface area (TPSA) is 66.7 Å². The number of nitrogens with zero attached hydrogens (tertiary/aromatic N) is 3. The molecule has 0 atom stereocenters. The number of anilines is 1. The maximum Gasteiger partial charge on any atom is 0.270 e. The van der Waals surface area contributed by atoms with Gasteiger partial charge >= 0.3 is 0 Å². The molecule has 0 radical (unpaired) electrons. The normalized spacial score (nSPS) is 14.4. The summed E-state index contributed by atoms with van der Waals surface area (Å²) in [5.74, 6) is -6.96. The molecule has 1 fully saturated rings. The van der Waals surface area contributed by atoms with Gasteiger partial charge in [-0.1, -0.05) is 23.7 Å². The number of piperazine rings is 1. The van der Waals surface area contributed by atoms with Gasteiger partial charge in [-0.05, 0) is 11.6 Å². The minimum Gasteiger partial charge on any atom is -0.363 e. The van der Waals surface area contributed by atoms with E-state index in [1.54, 1.807) is 6.07 Å². The van der Waals surface area contributed by atoms with E-state index in [4.69, 9.17) is 11.6 Å². The molecule has 1 amide bonds. The van der Waals surface area contributed by atoms with Crippen LogP contribution in [-0.4, -0.2) is 41.9 Å². The first-order valence-corrected chi connectivity index (χ1v) is 9.06. The highest BCUT2D eigenvalue weighted by Gasteiger charge is 2.30. The van der Waals surface area contributed by atoms with Crippen molar-refractivity contribution in [3.05, 3.63) is 74.3 Å². The lowest BCUT2D eigenvalue weighted by Gasteiger charge is -2.36. The molecule has 0 saturated carbocycles. The lowest BCUT2D eigenvalue weighted by atomic mass is 10.2. The molecule has 30 heavy (non-hydrogen) atoms. The number of carbonyl (C=O) groups is 1. The maximum absolute atomic E-state index is 14.1. The molecule has 158 valence electrons. The van der Waals surface area contributed by atoms with Crippen LogP contribution in [0.3, 0.4) is 0 Å². The Morgan fingerprint density at radius 2 is 1.63 bits per heavy atom. The van der Waals surface area contributed by atoms with Crippen molar-refractivity contribution < 1.29 is 27.3 Å². The fourth-order valence-corrected chi connectivity index (χ4v) is 3.20. The predicted molar refractivity (Wildman–Crippen MR) is 102 cm³/mol. The van der Waals surface area contributed by atoms with Gasteiger partial charge in [-0.3, -0.25) is 14.9 Å². The summed E-state index contributed by atoms with van der Waals surface area (Å²) in [7, 11) is 0. The van der Waals surface area contributed by atoms with Gasteiger partial charge in [-0.2, -0.15) is 0 Å². The number of hydrogen-bond donors (Lipinski definition) is 0. The van der Waals surface area contributed by atoms with Crippen LogP contribution < -0.4 is 4.90 Å². The van der Waals surface area contributed by atoms with Crippen molar-refractivity contribution in [3.63, 3.8) is 0 Å². The predicted octanol–water partition coefficient (Wildman–Crippen LogP) is 4.17. The molecule has 1 heterocycles. The number of hydrogen-bond acceptors (Lipinski definition) is 4. The molecular weight excluding hydrogens is 430 g/mol. The summed E-state index contributed by atoms with van der Waals surface area (Å²) in [6.07, 6.45) is 2.63. The highest BCUT2D eigenvalue weighted by atomic mass is 35.5. The summed E-state index contributed by atoms with van der Waals surface area (Å²) in [6.45, 7) is -0.0405. The van der Waals surface area contributed by atoms with Crippen molar-refractivity contribution in [2.45, 2.75) is 0 Å². The Kier molecular flexibility index (Phi) is 6.25. The number of carbonyl (C=O) groups excluding carboxylic acids is 1. The first-order chi connectivity index (χ1) is 14.2. The minimum absolute atomic E-state index is 0.0445. The fourth-order valence-electron chi connectivity index (χ4n) is 3.04. The highest BCUT2D eigenvalue weighted by molar-refractivity contribution is 6.31. The van der Waals surface area contributed by atoms with Crippen LogP contribution in [0.15, 0.2) is 30.3 Å². The van der Waals surface area contributed by atoms with Gasteiger partial charge < -0.3 is 9.80 Å². The molecule has 0 aliphatic carbocycles. The van der Waals surface area contributed by atoms with Gasteiger partial charge in [0, 0.05) is 44.4 Å². The van der Waals surface area contributed by atoms with E-state index < -0.39 is 44.8 Å². The standard InChI is InChI=1S/C19H14ClF4N3O3/c20-14-15(21)17(23)19(18(24)16(14)22)26-8-6-25(7-9-26)13(28)5-4-11-2-1-3-12(10-11)27(29)30/h1-5,10H,6-9H2/b5-4+. The van der Waals surface area contributed by atoms with Crippen molar-refractivity contribution in [2.75, 3.05) is 31.1 Å². The number of nitro benzene ring substituents is 1. The molecule has 1 aliphatic heterocycles. The van der Waals surface area contributed by atoms with Crippen LogP contribution in [0.1, 0.15) is 5.56 Å². The first kappa shape index (κ1) is 21.6. The SMILES string of the molecule is O=C(/C=C/c1cccc([N+](=O)[O-])c1)N1CCN(c2c(F)c(F)c(Cl)c(F)c2F)CC1. The summed E-state index contributed by atoms with van der Waals surface area (Å²) in [6, 6.07) is 5.69. The molecule has 0 aromatic heterocycles. The maximum atomic E-state index is 14.1. The van der Waals surface area contributed by atoms with Gasteiger partial charge in [0.05, 0.1) is 4.92 Å². The van der Waals surface area contributed by atoms with Gasteiger partial charge in [0.2, 0.25) is 5.91 Å². The van der Waals surface area contributed by atoms with E-state index in [-0.39, 0.29) is 31.9 Å². The number of benzene rings is 2. The summed E-state index contributed by atoms with van der Waals surface area (Å²) in [4.78, 5) is 25.0. The molecule has 0 N–H and O–H groups in total. The van der Waals surface area contributed by atoms with Crippen LogP contribution in [0, 0.1) is 33.4 Å². The molecule has 0 unspecified atom stereocenters. The zero-order valence-corrected chi connectivity index (χ0v) is 16.0. The second-order valence-electron chi connectivity index (χ2n) is 6.42. The summed E-state index contributed by atoms with van der Waals surface area (Å²) in [5, 5.41) is 9.53. The summed E-state index contributed by atoms with van der Waals surface area (Å²) in [5.41, 5.74) is -0.536. The van der Waals surface area contributed by atoms with Crippen LogP contribution in [0.5, 0.6) is 0 Å². The molecule has 3 rings (SSSR count). The molecule has 1 saturated heterocycles. The van der Waals surface area contributed by atoms with Gasteiger partial charge in [-0.15, -0.1) is 0 Å².